The number of amides is 1. The molecule has 8 heteroatoms. The molecule has 0 spiro atoms. The monoisotopic (exact) mass is 447 g/mol. The Labute approximate surface area is 192 Å². The molecule has 8 nitrogen and oxygen atoms in total. The molecule has 0 bridgehead atoms. The van der Waals surface area contributed by atoms with E-state index in [4.69, 9.17) is 5.73 Å². The summed E-state index contributed by atoms with van der Waals surface area (Å²) in [5, 5.41) is 29.8. The maximum absolute atomic E-state index is 12.4. The average molecular weight is 448 g/mol. The zero-order valence-corrected chi connectivity index (χ0v) is 19.3. The highest BCUT2D eigenvalue weighted by molar-refractivity contribution is 5.98. The first-order valence-electron chi connectivity index (χ1n) is 11.1. The third-order valence-corrected chi connectivity index (χ3v) is 7.49. The van der Waals surface area contributed by atoms with Crippen LogP contribution in [0.4, 0.5) is 5.69 Å². The number of hydrogen-bond donors (Lipinski definition) is 4. The summed E-state index contributed by atoms with van der Waals surface area (Å²) >= 11 is 0. The number of phenols is 1. The number of likely N-dealkylation sites (N-methyl/N-ethyl adjacent to an activating group) is 1. The van der Waals surface area contributed by atoms with E-state index < -0.39 is 5.91 Å². The minimum Gasteiger partial charge on any atom is -0.510 e. The number of anilines is 1. The number of nitrogens with one attached hydrogen (secondary N) is 1. The highest BCUT2D eigenvalue weighted by Crippen LogP contribution is 2.58. The maximum atomic E-state index is 12.4. The number of nitrogens with zero attached hydrogens (tertiary/aromatic N) is 3. The Hall–Kier alpha value is -3.48. The van der Waals surface area contributed by atoms with Crippen LogP contribution in [-0.4, -0.2) is 65.5 Å². The van der Waals surface area contributed by atoms with Crippen LogP contribution < -0.4 is 10.6 Å². The quantitative estimate of drug-likeness (QED) is 0.537. The largest absolute Gasteiger partial charge is 0.510 e. The number of aliphatic hydroxyl groups is 1. The number of carbonyl (C=O) groups excluding carboxylic acids is 1. The molecule has 0 saturated heterocycles. The number of aliphatic hydroxyl groups excluding tert-OH is 1. The molecule has 0 fully saturated rings. The van der Waals surface area contributed by atoms with E-state index in [1.807, 2.05) is 39.2 Å². The molecule has 1 aromatic carbocycles. The van der Waals surface area contributed by atoms with Crippen molar-refractivity contribution in [3.8, 4) is 17.0 Å². The van der Waals surface area contributed by atoms with E-state index in [0.717, 1.165) is 46.6 Å². The fourth-order valence-corrected chi connectivity index (χ4v) is 6.35. The van der Waals surface area contributed by atoms with E-state index in [1.165, 1.54) is 0 Å². The van der Waals surface area contributed by atoms with Crippen molar-refractivity contribution in [3.05, 3.63) is 58.2 Å². The second-order valence-electron chi connectivity index (χ2n) is 9.65. The predicted octanol–water partition coefficient (Wildman–Crippen LogP) is 2.54. The van der Waals surface area contributed by atoms with Gasteiger partial charge in [-0.15, -0.1) is 5.73 Å². The number of carbonyl (C=O) groups is 1. The van der Waals surface area contributed by atoms with Crippen LogP contribution in [0.5, 0.6) is 5.75 Å². The molecule has 0 aliphatic heterocycles. The van der Waals surface area contributed by atoms with Gasteiger partial charge in [0.2, 0.25) is 0 Å². The smallest absolute Gasteiger partial charge is 0.253 e. The normalized spacial score (nSPS) is 25.3. The Morgan fingerprint density at radius 3 is 2.61 bits per heavy atom. The molecule has 1 heterocycles. The number of benzene rings is 1. The molecule has 1 aromatic heterocycles. The average Bonchev–Trinajstić information content (AvgIpc) is 3.18. The van der Waals surface area contributed by atoms with Crippen LogP contribution >= 0.6 is 0 Å². The number of nitrogens with two attached hydrogens (primary N) is 1. The van der Waals surface area contributed by atoms with Crippen molar-refractivity contribution in [2.24, 2.45) is 11.7 Å². The van der Waals surface area contributed by atoms with E-state index in [2.05, 4.69) is 27.4 Å². The van der Waals surface area contributed by atoms with Crippen molar-refractivity contribution in [1.29, 1.82) is 0 Å². The fraction of sp³-hybridized carbons (Fsp3) is 0.400. The molecule has 5 rings (SSSR count). The van der Waals surface area contributed by atoms with Gasteiger partial charge in [-0.25, -0.2) is 0 Å². The summed E-state index contributed by atoms with van der Waals surface area (Å²) in [4.78, 5) is 16.4. The lowest BCUT2D eigenvalue weighted by Crippen LogP contribution is -2.48. The first-order chi connectivity index (χ1) is 15.7. The van der Waals surface area contributed by atoms with Gasteiger partial charge in [0.15, 0.2) is 0 Å². The minimum atomic E-state index is -0.696. The van der Waals surface area contributed by atoms with Crippen molar-refractivity contribution >= 4 is 11.6 Å². The second kappa shape index (κ2) is 7.27. The molecule has 0 radical (unpaired) electrons. The molecule has 0 saturated carbocycles. The summed E-state index contributed by atoms with van der Waals surface area (Å²) in [5.74, 6) is -0.653. The number of phenolic OH excluding ortho intramolecular Hbond substituents is 1. The summed E-state index contributed by atoms with van der Waals surface area (Å²) in [5.41, 5.74) is 14.8. The third kappa shape index (κ3) is 2.81. The minimum absolute atomic E-state index is 0.0223. The molecule has 3 aliphatic carbocycles. The lowest BCUT2D eigenvalue weighted by atomic mass is 9.60. The zero-order chi connectivity index (χ0) is 23.8. The first-order valence-corrected chi connectivity index (χ1v) is 11.1. The molecule has 2 aromatic rings. The Bertz CT molecular complexity index is 1270. The van der Waals surface area contributed by atoms with Crippen LogP contribution in [0.25, 0.3) is 11.3 Å². The Morgan fingerprint density at radius 2 is 2.00 bits per heavy atom. The third-order valence-electron chi connectivity index (χ3n) is 7.49. The van der Waals surface area contributed by atoms with Crippen LogP contribution in [0.2, 0.25) is 0 Å². The van der Waals surface area contributed by atoms with E-state index in [0.29, 0.717) is 5.57 Å². The number of fused-ring (bicyclic) bond motifs is 4. The predicted molar refractivity (Wildman–Crippen MR) is 126 cm³/mol. The zero-order valence-electron chi connectivity index (χ0n) is 19.3. The van der Waals surface area contributed by atoms with Crippen molar-refractivity contribution in [3.63, 3.8) is 0 Å². The fourth-order valence-electron chi connectivity index (χ4n) is 6.35. The number of hydrogen-bond acceptors (Lipinski definition) is 6. The summed E-state index contributed by atoms with van der Waals surface area (Å²) in [7, 11) is 7.78. The van der Waals surface area contributed by atoms with Crippen molar-refractivity contribution < 1.29 is 15.0 Å². The van der Waals surface area contributed by atoms with Gasteiger partial charge >= 0.3 is 0 Å². The molecule has 172 valence electrons. The molecular weight excluding hydrogens is 418 g/mol. The number of H-pyrrole nitrogens is 1. The Kier molecular flexibility index (Phi) is 4.71. The molecular formula is C25H29N5O3. The van der Waals surface area contributed by atoms with Crippen LogP contribution in [0.15, 0.2) is 41.3 Å². The Balaban J connectivity index is 1.77. The van der Waals surface area contributed by atoms with Crippen molar-refractivity contribution in [2.75, 3.05) is 33.1 Å². The van der Waals surface area contributed by atoms with Gasteiger partial charge in [-0.1, -0.05) is 6.58 Å². The summed E-state index contributed by atoms with van der Waals surface area (Å²) in [6, 6.07) is 3.27. The lowest BCUT2D eigenvalue weighted by molar-refractivity contribution is -0.114. The molecule has 5 N–H and O–H groups in total. The topological polar surface area (TPSA) is 119 Å². The number of rotatable bonds is 3. The maximum Gasteiger partial charge on any atom is 0.253 e. The number of primary amides is 1. The molecule has 33 heavy (non-hydrogen) atoms. The van der Waals surface area contributed by atoms with E-state index in [-0.39, 0.29) is 40.9 Å². The van der Waals surface area contributed by atoms with Gasteiger partial charge in [0.1, 0.15) is 11.5 Å². The summed E-state index contributed by atoms with van der Waals surface area (Å²) in [6.07, 6.45) is 1.52. The second-order valence-corrected chi connectivity index (χ2v) is 9.65. The first kappa shape index (κ1) is 21.4. The van der Waals surface area contributed by atoms with Gasteiger partial charge in [-0.3, -0.25) is 14.8 Å². The van der Waals surface area contributed by atoms with E-state index in [9.17, 15) is 15.0 Å². The van der Waals surface area contributed by atoms with Crippen LogP contribution in [0, 0.1) is 5.92 Å². The summed E-state index contributed by atoms with van der Waals surface area (Å²) < 4.78 is 0. The number of aromatic nitrogens is 2. The van der Waals surface area contributed by atoms with Gasteiger partial charge in [-0.2, -0.15) is 5.10 Å². The number of aromatic hydroxyl groups is 1. The molecule has 3 unspecified atom stereocenters. The number of aromatic amines is 1. The summed E-state index contributed by atoms with van der Waals surface area (Å²) in [6.45, 7) is 3.82. The van der Waals surface area contributed by atoms with Gasteiger partial charge in [0.05, 0.1) is 17.3 Å². The van der Waals surface area contributed by atoms with Gasteiger partial charge in [-0.05, 0) is 56.5 Å². The van der Waals surface area contributed by atoms with Gasteiger partial charge in [0, 0.05) is 48.1 Å². The van der Waals surface area contributed by atoms with Crippen molar-refractivity contribution in [1.82, 2.24) is 15.1 Å². The van der Waals surface area contributed by atoms with E-state index >= 15 is 0 Å². The highest BCUT2D eigenvalue weighted by atomic mass is 16.3. The molecule has 1 amide bonds. The van der Waals surface area contributed by atoms with Crippen LogP contribution in [-0.2, 0) is 11.2 Å². The lowest BCUT2D eigenvalue weighted by Gasteiger charge is -2.47. The Morgan fingerprint density at radius 1 is 1.27 bits per heavy atom. The van der Waals surface area contributed by atoms with Crippen LogP contribution in [0.1, 0.15) is 35.1 Å². The standard InChI is InChI=1S/C25H29N5O3/c1-6-12-18-14(23(30(4)5)24(32)20(12)25(26)33)10-11-9-13-15(29(2)3)7-8-16(31)19(13)22-17(11)21(18)27-28-22/h7-8,11,14,18,23,31-32H,1,9-10H2,2-5H3,(H2,26,33)(H,27,28)/t11?,14?,18?,23-/m0/s1. The molecule has 4 atom stereocenters. The SMILES string of the molecule is C=C=C1C(C(N)=O)=C(O)[C@@H](N(C)C)C2CC3Cc4c(N(C)C)ccc(O)c4-c4n[nH]c(c43)C12. The van der Waals surface area contributed by atoms with Gasteiger partial charge in [0.25, 0.3) is 5.91 Å². The van der Waals surface area contributed by atoms with Gasteiger partial charge < -0.3 is 20.8 Å². The highest BCUT2D eigenvalue weighted by Gasteiger charge is 2.52. The van der Waals surface area contributed by atoms with E-state index in [1.54, 1.807) is 6.07 Å². The van der Waals surface area contributed by atoms with Crippen molar-refractivity contribution in [2.45, 2.75) is 30.7 Å². The molecule has 3 aliphatic rings. The van der Waals surface area contributed by atoms with Crippen LogP contribution in [0.3, 0.4) is 0 Å².